The SMILES string of the molecule is CC12CCC1(C)OBO2. The van der Waals surface area contributed by atoms with Crippen molar-refractivity contribution in [1.29, 1.82) is 0 Å². The lowest BCUT2D eigenvalue weighted by Crippen LogP contribution is -2.56. The Hall–Kier alpha value is -0.0151. The summed E-state index contributed by atoms with van der Waals surface area (Å²) in [5, 5.41) is 0. The first-order valence-corrected chi connectivity index (χ1v) is 3.44. The molecule has 2 aliphatic rings. The van der Waals surface area contributed by atoms with Gasteiger partial charge in [-0.2, -0.15) is 0 Å². The first-order chi connectivity index (χ1) is 4.16. The fourth-order valence-corrected chi connectivity index (χ4v) is 1.57. The van der Waals surface area contributed by atoms with Gasteiger partial charge in [0.1, 0.15) is 0 Å². The quantitative estimate of drug-likeness (QED) is 0.442. The zero-order valence-electron chi connectivity index (χ0n) is 5.94. The van der Waals surface area contributed by atoms with Crippen molar-refractivity contribution in [2.75, 3.05) is 0 Å². The first kappa shape index (κ1) is 5.75. The Balaban J connectivity index is 2.26. The Morgan fingerprint density at radius 1 is 1.11 bits per heavy atom. The number of hydrogen-bond donors (Lipinski definition) is 0. The number of hydrogen-bond acceptors (Lipinski definition) is 2. The fraction of sp³-hybridized carbons (Fsp3) is 1.00. The van der Waals surface area contributed by atoms with E-state index in [1.165, 1.54) is 0 Å². The zero-order chi connectivity index (χ0) is 6.54. The molecule has 0 aromatic heterocycles. The summed E-state index contributed by atoms with van der Waals surface area (Å²) in [7, 11) is 0.493. The maximum absolute atomic E-state index is 5.42. The molecule has 2 nitrogen and oxygen atoms in total. The highest BCUT2D eigenvalue weighted by Gasteiger charge is 2.58. The van der Waals surface area contributed by atoms with E-state index >= 15 is 0 Å². The molecule has 0 spiro atoms. The lowest BCUT2D eigenvalue weighted by molar-refractivity contribution is -0.108. The van der Waals surface area contributed by atoms with Crippen LogP contribution in [0.15, 0.2) is 0 Å². The average molecular weight is 126 g/mol. The molecule has 0 aromatic rings. The molecule has 1 heterocycles. The van der Waals surface area contributed by atoms with E-state index < -0.39 is 0 Å². The standard InChI is InChI=1S/C6H11BO2/c1-5-3-4-6(5,2)9-7-8-5/h7H,3-4H2,1-2H3. The van der Waals surface area contributed by atoms with E-state index in [0.29, 0.717) is 7.69 Å². The van der Waals surface area contributed by atoms with Gasteiger partial charge in [-0.05, 0) is 26.7 Å². The van der Waals surface area contributed by atoms with Gasteiger partial charge in [-0.3, -0.25) is 0 Å². The summed E-state index contributed by atoms with van der Waals surface area (Å²) in [5.74, 6) is 0. The fourth-order valence-electron chi connectivity index (χ4n) is 1.57. The number of rotatable bonds is 0. The lowest BCUT2D eigenvalue weighted by atomic mass is 9.68. The van der Waals surface area contributed by atoms with Crippen molar-refractivity contribution in [2.45, 2.75) is 37.9 Å². The summed E-state index contributed by atoms with van der Waals surface area (Å²) < 4.78 is 10.8. The Morgan fingerprint density at radius 2 is 1.56 bits per heavy atom. The van der Waals surface area contributed by atoms with E-state index in [2.05, 4.69) is 13.8 Å². The largest absolute Gasteiger partial charge is 0.439 e. The van der Waals surface area contributed by atoms with Crippen LogP contribution in [0.3, 0.4) is 0 Å². The van der Waals surface area contributed by atoms with Gasteiger partial charge in [0.05, 0.1) is 11.2 Å². The topological polar surface area (TPSA) is 18.5 Å². The predicted molar refractivity (Wildman–Crippen MR) is 35.4 cm³/mol. The summed E-state index contributed by atoms with van der Waals surface area (Å²) >= 11 is 0. The van der Waals surface area contributed by atoms with Gasteiger partial charge in [-0.15, -0.1) is 0 Å². The van der Waals surface area contributed by atoms with E-state index in [9.17, 15) is 0 Å². The van der Waals surface area contributed by atoms with Crippen LogP contribution in [0.4, 0.5) is 0 Å². The molecule has 2 unspecified atom stereocenters. The molecular weight excluding hydrogens is 115 g/mol. The minimum absolute atomic E-state index is 0.0486. The molecule has 0 radical (unpaired) electrons. The average Bonchev–Trinajstić information content (AvgIpc) is 1.98. The Kier molecular flexibility index (Phi) is 0.862. The molecule has 50 valence electrons. The zero-order valence-corrected chi connectivity index (χ0v) is 5.94. The van der Waals surface area contributed by atoms with Crippen molar-refractivity contribution < 1.29 is 9.31 Å². The molecule has 3 heteroatoms. The monoisotopic (exact) mass is 126 g/mol. The van der Waals surface area contributed by atoms with Crippen molar-refractivity contribution in [2.24, 2.45) is 0 Å². The van der Waals surface area contributed by atoms with E-state index in [1.54, 1.807) is 0 Å². The molecule has 1 saturated carbocycles. The smallest absolute Gasteiger partial charge is 0.406 e. The third-order valence-corrected chi connectivity index (χ3v) is 2.95. The van der Waals surface area contributed by atoms with Crippen LogP contribution in [-0.4, -0.2) is 18.9 Å². The minimum atomic E-state index is 0.0486. The molecule has 2 rings (SSSR count). The van der Waals surface area contributed by atoms with Gasteiger partial charge in [0.25, 0.3) is 0 Å². The lowest BCUT2D eigenvalue weighted by Gasteiger charge is -2.49. The second-order valence-electron chi connectivity index (χ2n) is 3.37. The second-order valence-corrected chi connectivity index (χ2v) is 3.37. The minimum Gasteiger partial charge on any atom is -0.406 e. The molecule has 9 heavy (non-hydrogen) atoms. The molecule has 2 fully saturated rings. The van der Waals surface area contributed by atoms with Crippen molar-refractivity contribution in [3.8, 4) is 0 Å². The maximum atomic E-state index is 5.42. The van der Waals surface area contributed by atoms with E-state index in [0.717, 1.165) is 12.8 Å². The van der Waals surface area contributed by atoms with Crippen LogP contribution in [-0.2, 0) is 9.31 Å². The van der Waals surface area contributed by atoms with Crippen molar-refractivity contribution in [3.63, 3.8) is 0 Å². The van der Waals surface area contributed by atoms with Crippen LogP contribution in [0, 0.1) is 0 Å². The predicted octanol–water partition coefficient (Wildman–Crippen LogP) is 0.611. The Morgan fingerprint density at radius 3 is 1.78 bits per heavy atom. The third-order valence-electron chi connectivity index (χ3n) is 2.95. The summed E-state index contributed by atoms with van der Waals surface area (Å²) in [4.78, 5) is 0. The maximum Gasteiger partial charge on any atom is 0.439 e. The van der Waals surface area contributed by atoms with Gasteiger partial charge >= 0.3 is 7.69 Å². The first-order valence-electron chi connectivity index (χ1n) is 3.44. The van der Waals surface area contributed by atoms with Crippen LogP contribution < -0.4 is 0 Å². The van der Waals surface area contributed by atoms with Crippen LogP contribution in [0.2, 0.25) is 0 Å². The molecule has 1 aliphatic heterocycles. The molecule has 0 bridgehead atoms. The van der Waals surface area contributed by atoms with Gasteiger partial charge in [-0.25, -0.2) is 0 Å². The molecule has 1 saturated heterocycles. The van der Waals surface area contributed by atoms with Crippen LogP contribution in [0.1, 0.15) is 26.7 Å². The van der Waals surface area contributed by atoms with Gasteiger partial charge in [0.2, 0.25) is 0 Å². The highest BCUT2D eigenvalue weighted by atomic mass is 16.7. The van der Waals surface area contributed by atoms with Gasteiger partial charge in [0.15, 0.2) is 0 Å². The van der Waals surface area contributed by atoms with Gasteiger partial charge in [0, 0.05) is 0 Å². The molecule has 2 atom stereocenters. The van der Waals surface area contributed by atoms with E-state index in [-0.39, 0.29) is 11.2 Å². The Labute approximate surface area is 55.8 Å². The Bertz CT molecular complexity index is 134. The van der Waals surface area contributed by atoms with Crippen molar-refractivity contribution in [1.82, 2.24) is 0 Å². The van der Waals surface area contributed by atoms with E-state index in [1.807, 2.05) is 0 Å². The van der Waals surface area contributed by atoms with Gasteiger partial charge < -0.3 is 9.31 Å². The molecule has 1 aliphatic carbocycles. The highest BCUT2D eigenvalue weighted by molar-refractivity contribution is 6.19. The molecular formula is C6H11BO2. The van der Waals surface area contributed by atoms with E-state index in [4.69, 9.17) is 9.31 Å². The van der Waals surface area contributed by atoms with Crippen molar-refractivity contribution >= 4 is 7.69 Å². The summed E-state index contributed by atoms with van der Waals surface area (Å²) in [6, 6.07) is 0. The van der Waals surface area contributed by atoms with Gasteiger partial charge in [-0.1, -0.05) is 0 Å². The summed E-state index contributed by atoms with van der Waals surface area (Å²) in [6.45, 7) is 4.26. The van der Waals surface area contributed by atoms with Crippen LogP contribution in [0.5, 0.6) is 0 Å². The van der Waals surface area contributed by atoms with Crippen LogP contribution >= 0.6 is 0 Å². The van der Waals surface area contributed by atoms with Crippen molar-refractivity contribution in [3.05, 3.63) is 0 Å². The molecule has 0 amide bonds. The number of fused-ring (bicyclic) bond motifs is 1. The normalized spacial score (nSPS) is 55.8. The molecule has 0 aromatic carbocycles. The summed E-state index contributed by atoms with van der Waals surface area (Å²) in [5.41, 5.74) is 0.0972. The molecule has 0 N–H and O–H groups in total. The third kappa shape index (κ3) is 0.497. The van der Waals surface area contributed by atoms with Crippen LogP contribution in [0.25, 0.3) is 0 Å². The highest BCUT2D eigenvalue weighted by Crippen LogP contribution is 2.50. The second kappa shape index (κ2) is 1.35. The summed E-state index contributed by atoms with van der Waals surface area (Å²) in [6.07, 6.45) is 2.31.